The molecule has 0 radical (unpaired) electrons. The molecule has 0 aromatic heterocycles. The van der Waals surface area contributed by atoms with E-state index in [0.717, 1.165) is 24.8 Å². The van der Waals surface area contributed by atoms with Gasteiger partial charge in [-0.05, 0) is 36.3 Å². The van der Waals surface area contributed by atoms with Gasteiger partial charge in [-0.25, -0.2) is 0 Å². The lowest BCUT2D eigenvalue weighted by Crippen LogP contribution is -2.24. The number of halogens is 2. The SMILES string of the molecule is OCC1(Cc2cccc(Cl)c2Cl)CCCC1. The van der Waals surface area contributed by atoms with Gasteiger partial charge in [0.05, 0.1) is 10.0 Å². The summed E-state index contributed by atoms with van der Waals surface area (Å²) < 4.78 is 0. The third-order valence-electron chi connectivity index (χ3n) is 3.60. The minimum absolute atomic E-state index is 0.0360. The van der Waals surface area contributed by atoms with Crippen molar-refractivity contribution in [1.29, 1.82) is 0 Å². The lowest BCUT2D eigenvalue weighted by molar-refractivity contribution is 0.130. The molecule has 88 valence electrons. The van der Waals surface area contributed by atoms with Crippen LogP contribution in [0, 0.1) is 5.41 Å². The van der Waals surface area contributed by atoms with Crippen molar-refractivity contribution in [3.05, 3.63) is 33.8 Å². The van der Waals surface area contributed by atoms with Gasteiger partial charge >= 0.3 is 0 Å². The van der Waals surface area contributed by atoms with Gasteiger partial charge in [0.15, 0.2) is 0 Å². The van der Waals surface area contributed by atoms with E-state index in [0.29, 0.717) is 10.0 Å². The fraction of sp³-hybridized carbons (Fsp3) is 0.538. The Morgan fingerprint density at radius 3 is 2.50 bits per heavy atom. The van der Waals surface area contributed by atoms with Gasteiger partial charge < -0.3 is 5.11 Å². The highest BCUT2D eigenvalue weighted by Gasteiger charge is 2.33. The summed E-state index contributed by atoms with van der Waals surface area (Å²) in [5, 5.41) is 10.8. The molecular formula is C13H16Cl2O. The van der Waals surface area contributed by atoms with Crippen LogP contribution in [0.4, 0.5) is 0 Å². The van der Waals surface area contributed by atoms with Crippen LogP contribution in [0.15, 0.2) is 18.2 Å². The summed E-state index contributed by atoms with van der Waals surface area (Å²) in [7, 11) is 0. The second-order valence-electron chi connectivity index (χ2n) is 4.75. The molecule has 3 heteroatoms. The molecule has 1 fully saturated rings. The summed E-state index contributed by atoms with van der Waals surface area (Å²) in [4.78, 5) is 0. The van der Waals surface area contributed by atoms with E-state index in [2.05, 4.69) is 0 Å². The fourth-order valence-corrected chi connectivity index (χ4v) is 2.99. The smallest absolute Gasteiger partial charge is 0.0624 e. The Morgan fingerprint density at radius 2 is 1.88 bits per heavy atom. The Labute approximate surface area is 106 Å². The van der Waals surface area contributed by atoms with Gasteiger partial charge in [-0.2, -0.15) is 0 Å². The maximum Gasteiger partial charge on any atom is 0.0624 e. The van der Waals surface area contributed by atoms with Gasteiger partial charge in [0, 0.05) is 6.61 Å². The van der Waals surface area contributed by atoms with Crippen molar-refractivity contribution in [3.8, 4) is 0 Å². The summed E-state index contributed by atoms with van der Waals surface area (Å²) in [5.74, 6) is 0. The number of aliphatic hydroxyl groups excluding tert-OH is 1. The average molecular weight is 259 g/mol. The first-order chi connectivity index (χ1) is 7.67. The Kier molecular flexibility index (Phi) is 3.78. The zero-order chi connectivity index (χ0) is 11.6. The lowest BCUT2D eigenvalue weighted by atomic mass is 9.81. The van der Waals surface area contributed by atoms with E-state index >= 15 is 0 Å². The second kappa shape index (κ2) is 4.95. The van der Waals surface area contributed by atoms with E-state index in [1.807, 2.05) is 12.1 Å². The predicted molar refractivity (Wildman–Crippen MR) is 68.2 cm³/mol. The van der Waals surface area contributed by atoms with Crippen LogP contribution in [0.1, 0.15) is 31.2 Å². The summed E-state index contributed by atoms with van der Waals surface area (Å²) in [5.41, 5.74) is 1.10. The van der Waals surface area contributed by atoms with Crippen LogP contribution in [-0.2, 0) is 6.42 Å². The molecule has 1 N–H and O–H groups in total. The summed E-state index contributed by atoms with van der Waals surface area (Å²) >= 11 is 12.2. The van der Waals surface area contributed by atoms with E-state index in [-0.39, 0.29) is 12.0 Å². The van der Waals surface area contributed by atoms with Gasteiger partial charge in [-0.1, -0.05) is 48.2 Å². The highest BCUT2D eigenvalue weighted by Crippen LogP contribution is 2.42. The van der Waals surface area contributed by atoms with Gasteiger partial charge in [0.1, 0.15) is 0 Å². The number of hydrogen-bond acceptors (Lipinski definition) is 1. The fourth-order valence-electron chi connectivity index (χ4n) is 2.60. The third kappa shape index (κ3) is 2.37. The molecule has 0 unspecified atom stereocenters. The minimum atomic E-state index is 0.0360. The first kappa shape index (κ1) is 12.2. The van der Waals surface area contributed by atoms with Gasteiger partial charge in [0.2, 0.25) is 0 Å². The summed E-state index contributed by atoms with van der Waals surface area (Å²) in [6.07, 6.45) is 5.43. The molecule has 0 aliphatic heterocycles. The van der Waals surface area contributed by atoms with Crippen LogP contribution < -0.4 is 0 Å². The van der Waals surface area contributed by atoms with Crippen LogP contribution in [-0.4, -0.2) is 11.7 Å². The summed E-state index contributed by atoms with van der Waals surface area (Å²) in [6, 6.07) is 5.72. The maximum atomic E-state index is 9.56. The molecule has 2 rings (SSSR count). The zero-order valence-corrected chi connectivity index (χ0v) is 10.7. The quantitative estimate of drug-likeness (QED) is 0.866. The van der Waals surface area contributed by atoms with Crippen molar-refractivity contribution in [1.82, 2.24) is 0 Å². The molecule has 0 atom stereocenters. The molecule has 1 aliphatic rings. The Hall–Kier alpha value is -0.240. The zero-order valence-electron chi connectivity index (χ0n) is 9.18. The van der Waals surface area contributed by atoms with E-state index in [1.54, 1.807) is 6.07 Å². The molecule has 0 saturated heterocycles. The van der Waals surface area contributed by atoms with Gasteiger partial charge in [0.25, 0.3) is 0 Å². The maximum absolute atomic E-state index is 9.56. The number of benzene rings is 1. The molecule has 1 aromatic rings. The van der Waals surface area contributed by atoms with Crippen LogP contribution >= 0.6 is 23.2 Å². The highest BCUT2D eigenvalue weighted by molar-refractivity contribution is 6.42. The van der Waals surface area contributed by atoms with Crippen molar-refractivity contribution < 1.29 is 5.11 Å². The lowest BCUT2D eigenvalue weighted by Gasteiger charge is -2.27. The Bertz CT molecular complexity index is 370. The molecule has 0 heterocycles. The number of aliphatic hydroxyl groups is 1. The van der Waals surface area contributed by atoms with E-state index < -0.39 is 0 Å². The van der Waals surface area contributed by atoms with Crippen LogP contribution in [0.3, 0.4) is 0 Å². The predicted octanol–water partition coefficient (Wildman–Crippen LogP) is 4.09. The van der Waals surface area contributed by atoms with Crippen molar-refractivity contribution >= 4 is 23.2 Å². The highest BCUT2D eigenvalue weighted by atomic mass is 35.5. The van der Waals surface area contributed by atoms with Crippen molar-refractivity contribution in [3.63, 3.8) is 0 Å². The van der Waals surface area contributed by atoms with E-state index in [1.165, 1.54) is 12.8 Å². The first-order valence-electron chi connectivity index (χ1n) is 5.71. The molecule has 0 bridgehead atoms. The molecule has 1 nitrogen and oxygen atoms in total. The summed E-state index contributed by atoms with van der Waals surface area (Å²) in [6.45, 7) is 0.246. The average Bonchev–Trinajstić information content (AvgIpc) is 2.74. The molecule has 0 amide bonds. The Balaban J connectivity index is 2.22. The van der Waals surface area contributed by atoms with Crippen molar-refractivity contribution in [2.75, 3.05) is 6.61 Å². The molecular weight excluding hydrogens is 243 g/mol. The Morgan fingerprint density at radius 1 is 1.19 bits per heavy atom. The largest absolute Gasteiger partial charge is 0.396 e. The monoisotopic (exact) mass is 258 g/mol. The van der Waals surface area contributed by atoms with Crippen molar-refractivity contribution in [2.24, 2.45) is 5.41 Å². The van der Waals surface area contributed by atoms with Crippen LogP contribution in [0.25, 0.3) is 0 Å². The van der Waals surface area contributed by atoms with Crippen molar-refractivity contribution in [2.45, 2.75) is 32.1 Å². The number of rotatable bonds is 3. The van der Waals surface area contributed by atoms with Gasteiger partial charge in [-0.15, -0.1) is 0 Å². The minimum Gasteiger partial charge on any atom is -0.396 e. The first-order valence-corrected chi connectivity index (χ1v) is 6.46. The van der Waals surface area contributed by atoms with Gasteiger partial charge in [-0.3, -0.25) is 0 Å². The number of hydrogen-bond donors (Lipinski definition) is 1. The normalized spacial score (nSPS) is 18.9. The standard InChI is InChI=1S/C13H16Cl2O/c14-11-5-3-4-10(12(11)15)8-13(9-16)6-1-2-7-13/h3-5,16H,1-2,6-9H2. The molecule has 1 aromatic carbocycles. The topological polar surface area (TPSA) is 20.2 Å². The van der Waals surface area contributed by atoms with Crippen LogP contribution in [0.5, 0.6) is 0 Å². The third-order valence-corrected chi connectivity index (χ3v) is 4.45. The van der Waals surface area contributed by atoms with E-state index in [4.69, 9.17) is 23.2 Å². The molecule has 1 saturated carbocycles. The molecule has 0 spiro atoms. The van der Waals surface area contributed by atoms with E-state index in [9.17, 15) is 5.11 Å². The second-order valence-corrected chi connectivity index (χ2v) is 5.54. The molecule has 16 heavy (non-hydrogen) atoms. The van der Waals surface area contributed by atoms with Crippen LogP contribution in [0.2, 0.25) is 10.0 Å². The molecule has 1 aliphatic carbocycles.